The third kappa shape index (κ3) is 1.86. The van der Waals surface area contributed by atoms with E-state index in [4.69, 9.17) is 11.6 Å². The first-order valence-electron chi connectivity index (χ1n) is 4.87. The van der Waals surface area contributed by atoms with E-state index in [-0.39, 0.29) is 0 Å². The predicted molar refractivity (Wildman–Crippen MR) is 64.4 cm³/mol. The molecule has 0 bridgehead atoms. The van der Waals surface area contributed by atoms with Crippen molar-refractivity contribution in [3.8, 4) is 0 Å². The molecule has 1 aromatic rings. The van der Waals surface area contributed by atoms with Crippen LogP contribution in [0.1, 0.15) is 13.8 Å². The lowest BCUT2D eigenvalue weighted by Crippen LogP contribution is -2.25. The lowest BCUT2D eigenvalue weighted by Gasteiger charge is -2.28. The second-order valence-corrected chi connectivity index (χ2v) is 5.55. The van der Waals surface area contributed by atoms with Gasteiger partial charge in [0.2, 0.25) is 0 Å². The average Bonchev–Trinajstić information content (AvgIpc) is 2.18. The van der Waals surface area contributed by atoms with E-state index in [2.05, 4.69) is 25.2 Å². The van der Waals surface area contributed by atoms with Crippen LogP contribution in [0.2, 0.25) is 5.02 Å². The fraction of sp³-hybridized carbons (Fsp3) is 0.455. The van der Waals surface area contributed by atoms with E-state index < -0.39 is 0 Å². The first-order valence-corrected chi connectivity index (χ1v) is 6.13. The number of hydrogen-bond acceptors (Lipinski definition) is 2. The molecule has 0 saturated carbocycles. The summed E-state index contributed by atoms with van der Waals surface area (Å²) in [6, 6.07) is 6.03. The van der Waals surface area contributed by atoms with Crippen LogP contribution in [0, 0.1) is 5.92 Å². The maximum absolute atomic E-state index is 6.15. The number of nitrogens with one attached hydrogen (secondary N) is 1. The van der Waals surface area contributed by atoms with Crippen LogP contribution in [-0.4, -0.2) is 11.8 Å². The number of hydrogen-bond donors (Lipinski definition) is 1. The van der Waals surface area contributed by atoms with E-state index in [1.54, 1.807) is 0 Å². The Kier molecular flexibility index (Phi) is 2.93. The number of fused-ring (bicyclic) bond motifs is 1. The fourth-order valence-electron chi connectivity index (χ4n) is 1.54. The van der Waals surface area contributed by atoms with Crippen LogP contribution in [0.3, 0.4) is 0 Å². The molecule has 0 fully saturated rings. The monoisotopic (exact) mass is 227 g/mol. The van der Waals surface area contributed by atoms with Crippen LogP contribution in [0.4, 0.5) is 5.69 Å². The van der Waals surface area contributed by atoms with Gasteiger partial charge in [-0.1, -0.05) is 31.5 Å². The molecule has 14 heavy (non-hydrogen) atoms. The van der Waals surface area contributed by atoms with E-state index in [0.29, 0.717) is 11.2 Å². The Morgan fingerprint density at radius 2 is 2.29 bits per heavy atom. The number of rotatable bonds is 1. The van der Waals surface area contributed by atoms with E-state index in [9.17, 15) is 0 Å². The van der Waals surface area contributed by atoms with Gasteiger partial charge in [0.05, 0.1) is 5.02 Å². The third-order valence-electron chi connectivity index (χ3n) is 2.47. The molecule has 1 N–H and O–H groups in total. The molecule has 0 aromatic heterocycles. The highest BCUT2D eigenvalue weighted by molar-refractivity contribution is 8.00. The highest BCUT2D eigenvalue weighted by atomic mass is 35.5. The molecule has 0 aliphatic carbocycles. The van der Waals surface area contributed by atoms with Crippen LogP contribution < -0.4 is 5.32 Å². The summed E-state index contributed by atoms with van der Waals surface area (Å²) < 4.78 is 0. The van der Waals surface area contributed by atoms with Gasteiger partial charge >= 0.3 is 0 Å². The van der Waals surface area contributed by atoms with Gasteiger partial charge in [0, 0.05) is 22.4 Å². The summed E-state index contributed by atoms with van der Waals surface area (Å²) in [5.41, 5.74) is 1.18. The van der Waals surface area contributed by atoms with E-state index in [1.165, 1.54) is 10.6 Å². The first kappa shape index (κ1) is 10.2. The van der Waals surface area contributed by atoms with Crippen molar-refractivity contribution in [3.63, 3.8) is 0 Å². The lowest BCUT2D eigenvalue weighted by molar-refractivity contribution is 0.620. The third-order valence-corrected chi connectivity index (χ3v) is 4.59. The van der Waals surface area contributed by atoms with Gasteiger partial charge in [-0.3, -0.25) is 0 Å². The SMILES string of the molecule is CC(C)C1CNc2cccc(Cl)c2S1. The molecular formula is C11H14ClNS. The van der Waals surface area contributed by atoms with Crippen molar-refractivity contribution in [1.29, 1.82) is 0 Å². The van der Waals surface area contributed by atoms with Crippen LogP contribution in [0.25, 0.3) is 0 Å². The minimum atomic E-state index is 0.627. The molecule has 0 amide bonds. The van der Waals surface area contributed by atoms with Gasteiger partial charge < -0.3 is 5.32 Å². The standard InChI is InChI=1S/C11H14ClNS/c1-7(2)10-6-13-9-5-3-4-8(12)11(9)14-10/h3-5,7,10,13H,6H2,1-2H3. The maximum atomic E-state index is 6.15. The van der Waals surface area contributed by atoms with Crippen molar-refractivity contribution in [2.75, 3.05) is 11.9 Å². The Hall–Kier alpha value is -0.340. The van der Waals surface area contributed by atoms with Gasteiger partial charge in [-0.2, -0.15) is 0 Å². The zero-order valence-corrected chi connectivity index (χ0v) is 9.95. The van der Waals surface area contributed by atoms with E-state index in [1.807, 2.05) is 23.9 Å². The Morgan fingerprint density at radius 1 is 1.50 bits per heavy atom. The van der Waals surface area contributed by atoms with Crippen molar-refractivity contribution in [2.24, 2.45) is 5.92 Å². The second kappa shape index (κ2) is 4.03. The van der Waals surface area contributed by atoms with Crippen molar-refractivity contribution in [1.82, 2.24) is 0 Å². The molecule has 0 saturated heterocycles. The van der Waals surface area contributed by atoms with E-state index >= 15 is 0 Å². The second-order valence-electron chi connectivity index (χ2n) is 3.90. The summed E-state index contributed by atoms with van der Waals surface area (Å²) in [6.07, 6.45) is 0. The largest absolute Gasteiger partial charge is 0.383 e. The number of halogens is 1. The molecule has 1 atom stereocenters. The summed E-state index contributed by atoms with van der Waals surface area (Å²) in [5, 5.41) is 4.92. The maximum Gasteiger partial charge on any atom is 0.0562 e. The molecule has 1 aliphatic rings. The molecule has 0 spiro atoms. The topological polar surface area (TPSA) is 12.0 Å². The van der Waals surface area contributed by atoms with Crippen LogP contribution in [0.5, 0.6) is 0 Å². The Labute approximate surface area is 94.2 Å². The van der Waals surface area contributed by atoms with Crippen molar-refractivity contribution in [3.05, 3.63) is 23.2 Å². The zero-order chi connectivity index (χ0) is 10.1. The summed E-state index contributed by atoms with van der Waals surface area (Å²) in [7, 11) is 0. The van der Waals surface area contributed by atoms with Crippen LogP contribution >= 0.6 is 23.4 Å². The molecule has 1 heterocycles. The fourth-order valence-corrected chi connectivity index (χ4v) is 3.04. The first-order chi connectivity index (χ1) is 6.68. The minimum Gasteiger partial charge on any atom is -0.383 e. The normalized spacial score (nSPS) is 20.4. The molecular weight excluding hydrogens is 214 g/mol. The van der Waals surface area contributed by atoms with Gasteiger partial charge in [0.25, 0.3) is 0 Å². The van der Waals surface area contributed by atoms with Crippen molar-refractivity contribution >= 4 is 29.1 Å². The minimum absolute atomic E-state index is 0.627. The lowest BCUT2D eigenvalue weighted by atomic mass is 10.1. The van der Waals surface area contributed by atoms with Gasteiger partial charge in [-0.25, -0.2) is 0 Å². The van der Waals surface area contributed by atoms with Gasteiger partial charge in [-0.15, -0.1) is 11.8 Å². The average molecular weight is 228 g/mol. The Bertz CT molecular complexity index is 338. The Balaban J connectivity index is 2.29. The molecule has 3 heteroatoms. The van der Waals surface area contributed by atoms with E-state index in [0.717, 1.165) is 11.6 Å². The van der Waals surface area contributed by atoms with Crippen molar-refractivity contribution in [2.45, 2.75) is 24.0 Å². The highest BCUT2D eigenvalue weighted by Crippen LogP contribution is 2.41. The number of anilines is 1. The molecule has 76 valence electrons. The summed E-state index contributed by atoms with van der Waals surface area (Å²) in [6.45, 7) is 5.54. The molecule has 1 aliphatic heterocycles. The number of thioether (sulfide) groups is 1. The van der Waals surface area contributed by atoms with Crippen LogP contribution in [0.15, 0.2) is 23.1 Å². The molecule has 1 nitrogen and oxygen atoms in total. The summed E-state index contributed by atoms with van der Waals surface area (Å²) in [4.78, 5) is 1.21. The zero-order valence-electron chi connectivity index (χ0n) is 8.38. The predicted octanol–water partition coefficient (Wildman–Crippen LogP) is 3.88. The van der Waals surface area contributed by atoms with Gasteiger partial charge in [-0.05, 0) is 18.1 Å². The summed E-state index contributed by atoms with van der Waals surface area (Å²) in [5.74, 6) is 0.678. The smallest absolute Gasteiger partial charge is 0.0562 e. The Morgan fingerprint density at radius 3 is 3.00 bits per heavy atom. The summed E-state index contributed by atoms with van der Waals surface area (Å²) >= 11 is 8.05. The molecule has 0 radical (unpaired) electrons. The number of benzene rings is 1. The quantitative estimate of drug-likeness (QED) is 0.782. The highest BCUT2D eigenvalue weighted by Gasteiger charge is 2.22. The van der Waals surface area contributed by atoms with Gasteiger partial charge in [0.15, 0.2) is 0 Å². The van der Waals surface area contributed by atoms with Crippen LogP contribution in [-0.2, 0) is 0 Å². The molecule has 1 unspecified atom stereocenters. The molecule has 1 aromatic carbocycles. The van der Waals surface area contributed by atoms with Gasteiger partial charge in [0.1, 0.15) is 0 Å². The molecule has 2 rings (SSSR count). The van der Waals surface area contributed by atoms with Crippen molar-refractivity contribution < 1.29 is 0 Å².